The summed E-state index contributed by atoms with van der Waals surface area (Å²) >= 11 is 1.52. The lowest BCUT2D eigenvalue weighted by Crippen LogP contribution is -1.98. The molecule has 0 amide bonds. The van der Waals surface area contributed by atoms with E-state index in [-0.39, 0.29) is 0 Å². The van der Waals surface area contributed by atoms with Crippen LogP contribution in [0.15, 0.2) is 48.1 Å². The van der Waals surface area contributed by atoms with Crippen molar-refractivity contribution < 1.29 is 0 Å². The third-order valence-corrected chi connectivity index (χ3v) is 3.29. The second kappa shape index (κ2) is 4.62. The maximum Gasteiger partial charge on any atom is 0.209 e. The van der Waals surface area contributed by atoms with Gasteiger partial charge in [-0.3, -0.25) is 0 Å². The molecule has 1 aromatic carbocycles. The van der Waals surface area contributed by atoms with Crippen molar-refractivity contribution in [2.45, 2.75) is 6.92 Å². The molecule has 89 valence electrons. The molecule has 0 saturated carbocycles. The third kappa shape index (κ3) is 2.00. The number of aromatic nitrogens is 3. The Balaban J connectivity index is 1.93. The number of rotatable bonds is 3. The van der Waals surface area contributed by atoms with Gasteiger partial charge in [-0.25, -0.2) is 15.0 Å². The number of benzene rings is 1. The molecule has 0 unspecified atom stereocenters. The molecule has 4 nitrogen and oxygen atoms in total. The van der Waals surface area contributed by atoms with Crippen LogP contribution in [0.2, 0.25) is 0 Å². The van der Waals surface area contributed by atoms with Crippen LogP contribution < -0.4 is 5.32 Å². The second-order valence-corrected chi connectivity index (χ2v) is 4.66. The van der Waals surface area contributed by atoms with Crippen LogP contribution in [0, 0.1) is 6.92 Å². The van der Waals surface area contributed by atoms with Gasteiger partial charge in [0.2, 0.25) is 5.13 Å². The van der Waals surface area contributed by atoms with Crippen LogP contribution in [-0.4, -0.2) is 14.8 Å². The lowest BCUT2D eigenvalue weighted by molar-refractivity contribution is 0.846. The first-order valence-electron chi connectivity index (χ1n) is 5.56. The van der Waals surface area contributed by atoms with E-state index in [1.807, 2.05) is 47.3 Å². The van der Waals surface area contributed by atoms with E-state index >= 15 is 0 Å². The summed E-state index contributed by atoms with van der Waals surface area (Å²) < 4.78 is 1.88. The average molecular weight is 255 g/mol. The summed E-state index contributed by atoms with van der Waals surface area (Å²) in [7, 11) is 0. The van der Waals surface area contributed by atoms with Crippen molar-refractivity contribution in [2.75, 3.05) is 0 Å². The fourth-order valence-corrected chi connectivity index (χ4v) is 2.23. The van der Waals surface area contributed by atoms with Crippen molar-refractivity contribution in [1.29, 1.82) is 0 Å². The Morgan fingerprint density at radius 3 is 2.78 bits per heavy atom. The molecular weight excluding hydrogens is 244 g/mol. The number of hydrogen-bond acceptors (Lipinski definition) is 3. The third-order valence-electron chi connectivity index (χ3n) is 2.62. The lowest BCUT2D eigenvalue weighted by atomic mass is 10.3. The van der Waals surface area contributed by atoms with Crippen LogP contribution in [0.25, 0.3) is 5.69 Å². The number of para-hydroxylation sites is 1. The Morgan fingerprint density at radius 1 is 1.22 bits per heavy atom. The van der Waals surface area contributed by atoms with Crippen LogP contribution in [0.4, 0.5) is 10.8 Å². The summed E-state index contributed by atoms with van der Waals surface area (Å²) in [6.45, 7) is 2.01. The number of thiazole rings is 1. The van der Waals surface area contributed by atoms with E-state index in [1.54, 1.807) is 12.4 Å². The molecule has 0 saturated heterocycles. The Labute approximate surface area is 109 Å². The minimum absolute atomic E-state index is 0.755. The molecule has 0 aliphatic heterocycles. The van der Waals surface area contributed by atoms with E-state index in [4.69, 9.17) is 0 Å². The van der Waals surface area contributed by atoms with Crippen molar-refractivity contribution in [2.24, 2.45) is 0 Å². The summed E-state index contributed by atoms with van der Waals surface area (Å²) in [5.41, 5.74) is 2.90. The summed E-state index contributed by atoms with van der Waals surface area (Å²) in [6.07, 6.45) is 3.52. The van der Waals surface area contributed by atoms with Crippen molar-refractivity contribution in [3.63, 3.8) is 0 Å². The molecule has 0 fully saturated rings. The van der Waals surface area contributed by atoms with E-state index in [9.17, 15) is 0 Å². The van der Waals surface area contributed by atoms with E-state index < -0.39 is 0 Å². The van der Waals surface area contributed by atoms with Gasteiger partial charge in [0.15, 0.2) is 0 Å². The van der Waals surface area contributed by atoms with Crippen LogP contribution >= 0.6 is 11.3 Å². The van der Waals surface area contributed by atoms with E-state index in [2.05, 4.69) is 15.4 Å². The minimum atomic E-state index is 0.755. The number of hydrogen-bond donors (Lipinski definition) is 0. The highest BCUT2D eigenvalue weighted by Crippen LogP contribution is 2.23. The molecule has 0 aliphatic carbocycles. The fraction of sp³-hybridized carbons (Fsp3) is 0.0769. The Morgan fingerprint density at radius 2 is 2.06 bits per heavy atom. The second-order valence-electron chi connectivity index (χ2n) is 3.79. The van der Waals surface area contributed by atoms with Gasteiger partial charge in [-0.15, -0.1) is 11.3 Å². The summed E-state index contributed by atoms with van der Waals surface area (Å²) in [4.78, 5) is 4.15. The first-order valence-corrected chi connectivity index (χ1v) is 6.44. The normalized spacial score (nSPS) is 10.5. The van der Waals surface area contributed by atoms with Crippen molar-refractivity contribution in [3.8, 4) is 5.69 Å². The summed E-state index contributed by atoms with van der Waals surface area (Å²) in [6, 6.07) is 10.0. The Hall–Kier alpha value is -2.14. The molecule has 3 aromatic rings. The van der Waals surface area contributed by atoms with Gasteiger partial charge in [0.25, 0.3) is 0 Å². The fourth-order valence-electron chi connectivity index (χ4n) is 1.71. The first-order chi connectivity index (χ1) is 8.84. The van der Waals surface area contributed by atoms with Gasteiger partial charge in [-0.2, -0.15) is 5.10 Å². The van der Waals surface area contributed by atoms with Crippen LogP contribution in [0.1, 0.15) is 5.69 Å². The van der Waals surface area contributed by atoms with Gasteiger partial charge in [-0.05, 0) is 19.1 Å². The largest absolute Gasteiger partial charge is 0.236 e. The highest BCUT2D eigenvalue weighted by atomic mass is 32.1. The average Bonchev–Trinajstić information content (AvgIpc) is 3.03. The molecule has 0 atom stereocenters. The molecule has 0 aliphatic rings. The van der Waals surface area contributed by atoms with Gasteiger partial charge in [-0.1, -0.05) is 18.2 Å². The van der Waals surface area contributed by atoms with Crippen molar-refractivity contribution in [1.82, 2.24) is 20.1 Å². The molecule has 2 aromatic heterocycles. The zero-order valence-corrected chi connectivity index (χ0v) is 10.6. The maximum absolute atomic E-state index is 4.47. The van der Waals surface area contributed by atoms with Crippen LogP contribution in [0.5, 0.6) is 0 Å². The minimum Gasteiger partial charge on any atom is -0.236 e. The SMILES string of the molecule is Cc1c([N]c2nccs2)cnn1-c1ccccc1. The molecule has 2 heterocycles. The highest BCUT2D eigenvalue weighted by Gasteiger charge is 2.10. The number of nitrogens with zero attached hydrogens (tertiary/aromatic N) is 4. The summed E-state index contributed by atoms with van der Waals surface area (Å²) in [5, 5.41) is 11.5. The zero-order chi connectivity index (χ0) is 12.4. The van der Waals surface area contributed by atoms with Crippen molar-refractivity contribution >= 4 is 22.2 Å². The molecular formula is C13H11N4S. The van der Waals surface area contributed by atoms with Crippen LogP contribution in [-0.2, 0) is 0 Å². The molecule has 0 bridgehead atoms. The molecule has 0 spiro atoms. The van der Waals surface area contributed by atoms with Gasteiger partial charge in [0.1, 0.15) is 5.69 Å². The zero-order valence-electron chi connectivity index (χ0n) is 9.82. The predicted octanol–water partition coefficient (Wildman–Crippen LogP) is 3.20. The Bertz CT molecular complexity index is 628. The standard InChI is InChI=1S/C13H11N4S/c1-10-12(16-13-14-7-8-18-13)9-15-17(10)11-5-3-2-4-6-11/h2-9H,1H3. The quantitative estimate of drug-likeness (QED) is 0.721. The van der Waals surface area contributed by atoms with Gasteiger partial charge < -0.3 is 0 Å². The smallest absolute Gasteiger partial charge is 0.209 e. The maximum atomic E-state index is 4.47. The van der Waals surface area contributed by atoms with E-state index in [1.165, 1.54) is 11.3 Å². The van der Waals surface area contributed by atoms with Gasteiger partial charge in [0, 0.05) is 11.6 Å². The van der Waals surface area contributed by atoms with Crippen molar-refractivity contribution in [3.05, 3.63) is 53.8 Å². The molecule has 5 heteroatoms. The monoisotopic (exact) mass is 255 g/mol. The Kier molecular flexibility index (Phi) is 2.82. The lowest BCUT2D eigenvalue weighted by Gasteiger charge is -2.04. The topological polar surface area (TPSA) is 44.8 Å². The highest BCUT2D eigenvalue weighted by molar-refractivity contribution is 7.13. The molecule has 1 radical (unpaired) electrons. The molecule has 3 rings (SSSR count). The predicted molar refractivity (Wildman–Crippen MR) is 71.9 cm³/mol. The van der Waals surface area contributed by atoms with Gasteiger partial charge >= 0.3 is 0 Å². The molecule has 0 N–H and O–H groups in total. The van der Waals surface area contributed by atoms with E-state index in [0.29, 0.717) is 0 Å². The van der Waals surface area contributed by atoms with Gasteiger partial charge in [0.05, 0.1) is 17.6 Å². The van der Waals surface area contributed by atoms with E-state index in [0.717, 1.165) is 22.2 Å². The molecule has 18 heavy (non-hydrogen) atoms. The summed E-state index contributed by atoms with van der Waals surface area (Å²) in [5.74, 6) is 0. The van der Waals surface area contributed by atoms with Crippen LogP contribution in [0.3, 0.4) is 0 Å². The first kappa shape index (κ1) is 11.0.